The van der Waals surface area contributed by atoms with Gasteiger partial charge in [0.25, 0.3) is 0 Å². The molecule has 2 aromatic heterocycles. The van der Waals surface area contributed by atoms with Gasteiger partial charge in [0.2, 0.25) is 0 Å². The largest absolute Gasteiger partial charge is 0.455 e. The lowest BCUT2D eigenvalue weighted by Crippen LogP contribution is -1.93. The molecule has 0 fully saturated rings. The van der Waals surface area contributed by atoms with Gasteiger partial charge in [-0.25, -0.2) is 0 Å². The zero-order valence-corrected chi connectivity index (χ0v) is 40.1. The summed E-state index contributed by atoms with van der Waals surface area (Å²) in [5.74, 6) is 0. The third-order valence-electron chi connectivity index (χ3n) is 15.8. The molecule has 0 N–H and O–H groups in total. The van der Waals surface area contributed by atoms with E-state index in [2.05, 4.69) is 255 Å². The number of rotatable bonds is 5. The molecule has 342 valence electrons. The predicted octanol–water partition coefficient (Wildman–Crippen LogP) is 20.7. The van der Waals surface area contributed by atoms with Crippen LogP contribution < -0.4 is 0 Å². The summed E-state index contributed by atoms with van der Waals surface area (Å²) in [7, 11) is 0. The van der Waals surface area contributed by atoms with Crippen molar-refractivity contribution in [2.75, 3.05) is 0 Å². The Bertz CT molecular complexity index is 4880. The molecule has 0 spiro atoms. The first kappa shape index (κ1) is 40.9. The average Bonchev–Trinajstić information content (AvgIpc) is 4.06. The van der Waals surface area contributed by atoms with Crippen LogP contribution in [0.3, 0.4) is 0 Å². The van der Waals surface area contributed by atoms with Crippen LogP contribution in [0, 0.1) is 0 Å². The molecule has 0 atom stereocenters. The number of para-hydroxylation sites is 2. The lowest BCUT2D eigenvalue weighted by Gasteiger charge is -2.20. The normalized spacial score (nSPS) is 12.1. The van der Waals surface area contributed by atoms with E-state index >= 15 is 0 Å². The Morgan fingerprint density at radius 2 is 0.514 bits per heavy atom. The van der Waals surface area contributed by atoms with Crippen LogP contribution in [0.4, 0.5) is 0 Å². The SMILES string of the molecule is c1ccc(-c2c3ccccc3c(-c3ccc(-c4cc5cc(-c6c7ccccc7c(-c7ccccc7)c7ccccc67)c6oc7ccccc7c6c5c5c4oc4ccccc45)c4ccccc34)c3ccccc23)cc1. The number of hydrogen-bond donors (Lipinski definition) is 0. The van der Waals surface area contributed by atoms with E-state index < -0.39 is 0 Å². The summed E-state index contributed by atoms with van der Waals surface area (Å²) in [4.78, 5) is 0. The van der Waals surface area contributed by atoms with Gasteiger partial charge in [0, 0.05) is 43.6 Å². The topological polar surface area (TPSA) is 26.3 Å². The van der Waals surface area contributed by atoms with Crippen LogP contribution >= 0.6 is 0 Å². The van der Waals surface area contributed by atoms with Crippen LogP contribution in [0.1, 0.15) is 0 Å². The first-order chi connectivity index (χ1) is 36.8. The summed E-state index contributed by atoms with van der Waals surface area (Å²) in [5, 5.41) is 18.6. The Morgan fingerprint density at radius 3 is 0.959 bits per heavy atom. The highest BCUT2D eigenvalue weighted by Crippen LogP contribution is 2.53. The zero-order chi connectivity index (χ0) is 48.4. The van der Waals surface area contributed by atoms with Crippen LogP contribution in [0.25, 0.3) is 164 Å². The molecule has 14 aromatic carbocycles. The number of hydrogen-bond acceptors (Lipinski definition) is 2. The van der Waals surface area contributed by atoms with Crippen LogP contribution in [-0.4, -0.2) is 0 Å². The van der Waals surface area contributed by atoms with Gasteiger partial charge >= 0.3 is 0 Å². The van der Waals surface area contributed by atoms with Crippen LogP contribution in [0.5, 0.6) is 0 Å². The van der Waals surface area contributed by atoms with Crippen LogP contribution in [0.2, 0.25) is 0 Å². The van der Waals surface area contributed by atoms with Crippen molar-refractivity contribution < 1.29 is 8.83 Å². The molecule has 0 radical (unpaired) electrons. The van der Waals surface area contributed by atoms with E-state index in [0.29, 0.717) is 0 Å². The van der Waals surface area contributed by atoms with Gasteiger partial charge in [0.15, 0.2) is 0 Å². The van der Waals surface area contributed by atoms with Gasteiger partial charge in [0.05, 0.1) is 0 Å². The van der Waals surface area contributed by atoms with Crippen molar-refractivity contribution in [3.63, 3.8) is 0 Å². The number of fused-ring (bicyclic) bond motifs is 14. The lowest BCUT2D eigenvalue weighted by atomic mass is 9.83. The monoisotopic (exact) mass is 938 g/mol. The van der Waals surface area contributed by atoms with Crippen molar-refractivity contribution in [1.29, 1.82) is 0 Å². The van der Waals surface area contributed by atoms with Gasteiger partial charge in [0.1, 0.15) is 22.3 Å². The molecule has 2 heterocycles. The molecule has 74 heavy (non-hydrogen) atoms. The van der Waals surface area contributed by atoms with E-state index in [-0.39, 0.29) is 0 Å². The van der Waals surface area contributed by atoms with Gasteiger partial charge in [-0.05, 0) is 122 Å². The molecule has 0 aliphatic rings. The van der Waals surface area contributed by atoms with E-state index in [1.165, 1.54) is 81.9 Å². The van der Waals surface area contributed by atoms with Gasteiger partial charge in [-0.3, -0.25) is 0 Å². The minimum Gasteiger partial charge on any atom is -0.455 e. The summed E-state index contributed by atoms with van der Waals surface area (Å²) in [6.45, 7) is 0. The smallest absolute Gasteiger partial charge is 0.143 e. The van der Waals surface area contributed by atoms with Crippen molar-refractivity contribution in [3.05, 3.63) is 255 Å². The highest BCUT2D eigenvalue weighted by atomic mass is 16.3. The number of furan rings is 2. The summed E-state index contributed by atoms with van der Waals surface area (Å²) < 4.78 is 14.4. The molecule has 0 aliphatic carbocycles. The Morgan fingerprint density at radius 1 is 0.203 bits per heavy atom. The first-order valence-electron chi connectivity index (χ1n) is 25.5. The summed E-state index contributed by atoms with van der Waals surface area (Å²) >= 11 is 0. The summed E-state index contributed by atoms with van der Waals surface area (Å²) in [6.07, 6.45) is 0. The first-order valence-corrected chi connectivity index (χ1v) is 25.5. The third kappa shape index (κ3) is 5.82. The minimum absolute atomic E-state index is 0.854. The van der Waals surface area contributed by atoms with Crippen molar-refractivity contribution in [1.82, 2.24) is 0 Å². The highest BCUT2D eigenvalue weighted by Gasteiger charge is 2.27. The van der Waals surface area contributed by atoms with E-state index in [1.54, 1.807) is 0 Å². The Hall–Kier alpha value is -9.76. The van der Waals surface area contributed by atoms with E-state index in [4.69, 9.17) is 8.83 Å². The van der Waals surface area contributed by atoms with Gasteiger partial charge in [-0.1, -0.05) is 231 Å². The van der Waals surface area contributed by atoms with Gasteiger partial charge < -0.3 is 8.83 Å². The quantitative estimate of drug-likeness (QED) is 0.161. The average molecular weight is 939 g/mol. The summed E-state index contributed by atoms with van der Waals surface area (Å²) in [6, 6.07) is 92.8. The molecule has 0 aliphatic heterocycles. The van der Waals surface area contributed by atoms with E-state index in [0.717, 1.165) is 82.3 Å². The second-order valence-corrected chi connectivity index (χ2v) is 19.7. The van der Waals surface area contributed by atoms with Gasteiger partial charge in [-0.15, -0.1) is 0 Å². The molecule has 2 nitrogen and oxygen atoms in total. The molecule has 0 amide bonds. The fourth-order valence-corrected chi connectivity index (χ4v) is 12.8. The summed E-state index contributed by atoms with van der Waals surface area (Å²) in [5.41, 5.74) is 15.2. The minimum atomic E-state index is 0.854. The van der Waals surface area contributed by atoms with E-state index in [9.17, 15) is 0 Å². The zero-order valence-electron chi connectivity index (χ0n) is 40.1. The number of benzene rings is 14. The maximum absolute atomic E-state index is 7.19. The van der Waals surface area contributed by atoms with E-state index in [1.807, 2.05) is 0 Å². The molecule has 16 rings (SSSR count). The van der Waals surface area contributed by atoms with Gasteiger partial charge in [-0.2, -0.15) is 0 Å². The molecule has 2 heteroatoms. The predicted molar refractivity (Wildman–Crippen MR) is 313 cm³/mol. The van der Waals surface area contributed by atoms with Crippen molar-refractivity contribution in [2.24, 2.45) is 0 Å². The van der Waals surface area contributed by atoms with Crippen molar-refractivity contribution in [2.45, 2.75) is 0 Å². The molecule has 16 aromatic rings. The molecule has 0 saturated carbocycles. The highest BCUT2D eigenvalue weighted by molar-refractivity contribution is 6.36. The standard InChI is InChI=1S/C72H42O2/c1-3-21-43(22-4-1)64-49-27-9-13-31-53(49)67(54-32-14-10-28-50(54)64)57-40-39-48(46-25-7-8-26-47(46)57)60-41-45-42-61(68-55-33-15-11-29-51(55)65(44-23-5-2-6-24-44)52-30-12-16-34-56(52)68)72-70(59-36-18-20-38-63(59)74-72)66(45)69-58-35-17-19-37-62(58)73-71(60)69/h1-42H. The molecular weight excluding hydrogens is 897 g/mol. The van der Waals surface area contributed by atoms with Crippen LogP contribution in [0.15, 0.2) is 264 Å². The maximum Gasteiger partial charge on any atom is 0.143 e. The molecular formula is C72H42O2. The lowest BCUT2D eigenvalue weighted by molar-refractivity contribution is 0.670. The Labute approximate surface area is 425 Å². The second kappa shape index (κ2) is 15.9. The molecule has 0 saturated heterocycles. The Balaban J connectivity index is 1.03. The molecule has 0 bridgehead atoms. The fourth-order valence-electron chi connectivity index (χ4n) is 12.8. The second-order valence-electron chi connectivity index (χ2n) is 19.7. The van der Waals surface area contributed by atoms with Crippen molar-refractivity contribution >= 4 is 109 Å². The fraction of sp³-hybridized carbons (Fsp3) is 0. The molecule has 0 unspecified atom stereocenters. The maximum atomic E-state index is 7.19. The Kier molecular flexibility index (Phi) is 8.78. The van der Waals surface area contributed by atoms with Crippen molar-refractivity contribution in [3.8, 4) is 55.6 Å². The third-order valence-corrected chi connectivity index (χ3v) is 15.8. The van der Waals surface area contributed by atoms with Crippen LogP contribution in [-0.2, 0) is 0 Å².